The van der Waals surface area contributed by atoms with E-state index < -0.39 is 0 Å². The van der Waals surface area contributed by atoms with Crippen molar-refractivity contribution >= 4 is 5.91 Å². The van der Waals surface area contributed by atoms with Gasteiger partial charge in [-0.1, -0.05) is 19.8 Å². The second kappa shape index (κ2) is 5.26. The highest BCUT2D eigenvalue weighted by atomic mass is 16.2. The summed E-state index contributed by atoms with van der Waals surface area (Å²) in [5.74, 6) is 0.769. The number of aryl methyl sites for hydroxylation is 1. The largest absolute Gasteiger partial charge is 0.329 e. The van der Waals surface area contributed by atoms with Gasteiger partial charge >= 0.3 is 0 Å². The Balaban J connectivity index is 1.73. The number of nitrogens with zero attached hydrogens (tertiary/aromatic N) is 4. The maximum Gasteiger partial charge on any atom is 0.273 e. The lowest BCUT2D eigenvalue weighted by Crippen LogP contribution is -2.51. The van der Waals surface area contributed by atoms with E-state index in [2.05, 4.69) is 33.7 Å². The molecule has 0 N–H and O–H groups in total. The molecule has 1 aromatic heterocycles. The molecule has 5 heteroatoms. The van der Waals surface area contributed by atoms with E-state index in [-0.39, 0.29) is 11.3 Å². The number of amides is 1. The molecule has 5 nitrogen and oxygen atoms in total. The highest BCUT2D eigenvalue weighted by molar-refractivity contribution is 5.93. The fourth-order valence-corrected chi connectivity index (χ4v) is 5.50. The molecular weight excluding hydrogens is 288 g/mol. The van der Waals surface area contributed by atoms with Gasteiger partial charge < -0.3 is 9.80 Å². The van der Waals surface area contributed by atoms with Gasteiger partial charge in [-0.25, -0.2) is 9.97 Å². The average Bonchev–Trinajstić information content (AvgIpc) is 2.63. The molecule has 23 heavy (non-hydrogen) atoms. The van der Waals surface area contributed by atoms with Gasteiger partial charge in [0.2, 0.25) is 0 Å². The molecule has 3 heterocycles. The van der Waals surface area contributed by atoms with Crippen molar-refractivity contribution in [2.24, 2.45) is 5.41 Å². The van der Waals surface area contributed by atoms with Crippen molar-refractivity contribution in [1.82, 2.24) is 19.8 Å². The van der Waals surface area contributed by atoms with Crippen LogP contribution < -0.4 is 0 Å². The lowest BCUT2D eigenvalue weighted by atomic mass is 9.71. The first-order chi connectivity index (χ1) is 11.0. The summed E-state index contributed by atoms with van der Waals surface area (Å²) in [7, 11) is 2.24. The third kappa shape index (κ3) is 2.20. The van der Waals surface area contributed by atoms with Crippen LogP contribution in [-0.2, 0) is 0 Å². The van der Waals surface area contributed by atoms with Crippen LogP contribution in [0.1, 0.15) is 55.3 Å². The molecule has 2 saturated heterocycles. The number of hydrogen-bond donors (Lipinski definition) is 0. The lowest BCUT2D eigenvalue weighted by Gasteiger charge is -2.44. The fourth-order valence-electron chi connectivity index (χ4n) is 5.50. The molecule has 1 amide bonds. The van der Waals surface area contributed by atoms with E-state index in [0.717, 1.165) is 19.4 Å². The van der Waals surface area contributed by atoms with Crippen LogP contribution in [0.4, 0.5) is 0 Å². The Kier molecular flexibility index (Phi) is 3.45. The molecule has 0 unspecified atom stereocenters. The Bertz CT molecular complexity index is 633. The van der Waals surface area contributed by atoms with Crippen molar-refractivity contribution < 1.29 is 4.79 Å². The molecule has 3 aliphatic rings. The molecule has 1 aromatic rings. The number of carbonyl (C=O) groups excluding carboxylic acids is 1. The summed E-state index contributed by atoms with van der Waals surface area (Å²) in [5, 5.41) is 0. The van der Waals surface area contributed by atoms with E-state index >= 15 is 0 Å². The van der Waals surface area contributed by atoms with E-state index in [9.17, 15) is 4.79 Å². The van der Waals surface area contributed by atoms with Gasteiger partial charge in [0, 0.05) is 36.3 Å². The number of fused-ring (bicyclic) bond motifs is 1. The summed E-state index contributed by atoms with van der Waals surface area (Å²) in [6.45, 7) is 5.25. The van der Waals surface area contributed by atoms with Gasteiger partial charge in [0.25, 0.3) is 5.91 Å². The van der Waals surface area contributed by atoms with Crippen LogP contribution >= 0.6 is 0 Å². The molecule has 2 aliphatic heterocycles. The van der Waals surface area contributed by atoms with E-state index in [0.29, 0.717) is 29.6 Å². The highest BCUT2D eigenvalue weighted by Gasteiger charge is 2.59. The highest BCUT2D eigenvalue weighted by Crippen LogP contribution is 2.53. The average molecular weight is 314 g/mol. The summed E-state index contributed by atoms with van der Waals surface area (Å²) in [6.07, 6.45) is 7.74. The van der Waals surface area contributed by atoms with Gasteiger partial charge in [0.1, 0.15) is 11.5 Å². The monoisotopic (exact) mass is 314 g/mol. The molecule has 0 radical (unpaired) electrons. The van der Waals surface area contributed by atoms with E-state index in [1.807, 2.05) is 6.92 Å². The van der Waals surface area contributed by atoms with Crippen molar-refractivity contribution in [1.29, 1.82) is 0 Å². The van der Waals surface area contributed by atoms with Crippen molar-refractivity contribution in [3.63, 3.8) is 0 Å². The van der Waals surface area contributed by atoms with Gasteiger partial charge in [-0.15, -0.1) is 0 Å². The first-order valence-corrected chi connectivity index (χ1v) is 8.83. The van der Waals surface area contributed by atoms with E-state index in [1.54, 1.807) is 12.3 Å². The Labute approximate surface area is 138 Å². The molecule has 1 aliphatic carbocycles. The van der Waals surface area contributed by atoms with Crippen molar-refractivity contribution in [2.45, 2.75) is 64.1 Å². The first kappa shape index (κ1) is 15.1. The Morgan fingerprint density at radius 2 is 2.04 bits per heavy atom. The second-order valence-electron chi connectivity index (χ2n) is 7.82. The maximum absolute atomic E-state index is 13.2. The summed E-state index contributed by atoms with van der Waals surface area (Å²) < 4.78 is 0. The number of piperidine rings is 1. The van der Waals surface area contributed by atoms with Crippen LogP contribution in [0, 0.1) is 12.3 Å². The third-order valence-corrected chi connectivity index (χ3v) is 6.39. The predicted octanol–water partition coefficient (Wildman–Crippen LogP) is 2.26. The first-order valence-electron chi connectivity index (χ1n) is 8.83. The van der Waals surface area contributed by atoms with E-state index in [4.69, 9.17) is 0 Å². The molecule has 124 valence electrons. The molecule has 1 saturated carbocycles. The van der Waals surface area contributed by atoms with Gasteiger partial charge in [-0.3, -0.25) is 4.79 Å². The van der Waals surface area contributed by atoms with Gasteiger partial charge in [0.05, 0.1) is 0 Å². The van der Waals surface area contributed by atoms with Crippen LogP contribution in [0.3, 0.4) is 0 Å². The van der Waals surface area contributed by atoms with Gasteiger partial charge in [-0.2, -0.15) is 0 Å². The Hall–Kier alpha value is -1.49. The minimum absolute atomic E-state index is 0.102. The summed E-state index contributed by atoms with van der Waals surface area (Å²) in [6, 6.07) is 3.05. The summed E-state index contributed by atoms with van der Waals surface area (Å²) in [4.78, 5) is 26.4. The van der Waals surface area contributed by atoms with Crippen LogP contribution in [0.15, 0.2) is 12.3 Å². The third-order valence-electron chi connectivity index (χ3n) is 6.39. The number of likely N-dealkylation sites (tertiary alicyclic amines) is 2. The summed E-state index contributed by atoms with van der Waals surface area (Å²) >= 11 is 0. The quantitative estimate of drug-likeness (QED) is 0.798. The second-order valence-corrected chi connectivity index (χ2v) is 7.82. The number of rotatable bonds is 1. The SMILES string of the molecule is Cc1nccc(C(=O)N2[C@@H]3CN(C)[C@@H]4CCCC[C@H]2[C@]4(C)C3)n1. The Morgan fingerprint density at radius 3 is 2.78 bits per heavy atom. The fraction of sp³-hybridized carbons (Fsp3) is 0.722. The van der Waals surface area contributed by atoms with Crippen LogP contribution in [0.2, 0.25) is 0 Å². The van der Waals surface area contributed by atoms with Gasteiger partial charge in [0.15, 0.2) is 0 Å². The molecule has 0 spiro atoms. The maximum atomic E-state index is 13.2. The molecule has 2 bridgehead atoms. The minimum atomic E-state index is 0.102. The van der Waals surface area contributed by atoms with Gasteiger partial charge in [-0.05, 0) is 39.3 Å². The van der Waals surface area contributed by atoms with Crippen LogP contribution in [0.5, 0.6) is 0 Å². The van der Waals surface area contributed by atoms with Crippen molar-refractivity contribution in [3.05, 3.63) is 23.8 Å². The summed E-state index contributed by atoms with van der Waals surface area (Å²) in [5.41, 5.74) is 0.781. The molecule has 3 fully saturated rings. The lowest BCUT2D eigenvalue weighted by molar-refractivity contribution is 0.0576. The zero-order valence-corrected chi connectivity index (χ0v) is 14.3. The van der Waals surface area contributed by atoms with Crippen LogP contribution in [0.25, 0.3) is 0 Å². The standard InChI is InChI=1S/C18H26N4O/c1-12-19-9-8-14(20-12)17(23)22-13-10-18(2)15(21(3)11-13)6-4-5-7-16(18)22/h8-9,13,15-16H,4-7,10-11H2,1-3H3/t13-,15+,16-,18+/m0/s1. The number of aromatic nitrogens is 2. The number of likely N-dealkylation sites (N-methyl/N-ethyl adjacent to an activating group) is 1. The van der Waals surface area contributed by atoms with Crippen LogP contribution in [-0.4, -0.2) is 57.4 Å². The molecule has 4 rings (SSSR count). The zero-order chi connectivity index (χ0) is 16.2. The van der Waals surface area contributed by atoms with Crippen molar-refractivity contribution in [3.8, 4) is 0 Å². The minimum Gasteiger partial charge on any atom is -0.329 e. The predicted molar refractivity (Wildman–Crippen MR) is 88.1 cm³/mol. The van der Waals surface area contributed by atoms with E-state index in [1.165, 1.54) is 19.3 Å². The topological polar surface area (TPSA) is 49.3 Å². The molecular formula is C18H26N4O. The molecule has 0 aromatic carbocycles. The molecule has 4 atom stereocenters. The zero-order valence-electron chi connectivity index (χ0n) is 14.3. The normalized spacial score (nSPS) is 36.8. The van der Waals surface area contributed by atoms with Crippen molar-refractivity contribution in [2.75, 3.05) is 13.6 Å². The number of carbonyl (C=O) groups is 1. The Morgan fingerprint density at radius 1 is 1.30 bits per heavy atom. The number of hydrogen-bond acceptors (Lipinski definition) is 4. The smallest absolute Gasteiger partial charge is 0.273 e.